The highest BCUT2D eigenvalue weighted by atomic mass is 19.1. The lowest BCUT2D eigenvalue weighted by atomic mass is 9.83. The van der Waals surface area contributed by atoms with Gasteiger partial charge in [0.2, 0.25) is 0 Å². The van der Waals surface area contributed by atoms with Crippen molar-refractivity contribution in [1.82, 2.24) is 5.32 Å². The smallest absolute Gasteiger partial charge is 0.307 e. The van der Waals surface area contributed by atoms with Crippen molar-refractivity contribution >= 4 is 5.97 Å². The summed E-state index contributed by atoms with van der Waals surface area (Å²) in [6.45, 7) is 6.06. The van der Waals surface area contributed by atoms with Crippen LogP contribution >= 0.6 is 0 Å². The first-order valence-electron chi connectivity index (χ1n) is 13.2. The van der Waals surface area contributed by atoms with Crippen LogP contribution in [-0.4, -0.2) is 41.0 Å². The van der Waals surface area contributed by atoms with Gasteiger partial charge in [0.25, 0.3) is 0 Å². The van der Waals surface area contributed by atoms with Crippen LogP contribution in [-0.2, 0) is 11.2 Å². The van der Waals surface area contributed by atoms with Crippen molar-refractivity contribution in [3.63, 3.8) is 0 Å². The van der Waals surface area contributed by atoms with Crippen LogP contribution in [0.4, 0.5) is 4.39 Å². The topological polar surface area (TPSA) is 103 Å². The maximum atomic E-state index is 13.9. The molecule has 3 N–H and O–H groups in total. The third-order valence-corrected chi connectivity index (χ3v) is 8.79. The number of ether oxygens (including phenoxy) is 1. The molecule has 0 heterocycles. The van der Waals surface area contributed by atoms with E-state index in [-0.39, 0.29) is 36.3 Å². The van der Waals surface area contributed by atoms with Gasteiger partial charge >= 0.3 is 5.97 Å². The van der Waals surface area contributed by atoms with Crippen molar-refractivity contribution in [1.29, 1.82) is 5.26 Å². The van der Waals surface area contributed by atoms with E-state index in [0.717, 1.165) is 24.0 Å². The van der Waals surface area contributed by atoms with E-state index in [1.165, 1.54) is 0 Å². The van der Waals surface area contributed by atoms with Crippen molar-refractivity contribution in [2.24, 2.45) is 29.6 Å². The SMILES string of the molecule is Cc1ccc(CC(C)(C)NC[C@@H](O)COc2cc(C3CC4CC3C3C(C(=O)O)C43)ccc2C#N)cc1F. The van der Waals surface area contributed by atoms with Crippen LogP contribution in [0.1, 0.15) is 54.9 Å². The van der Waals surface area contributed by atoms with E-state index >= 15 is 0 Å². The third kappa shape index (κ3) is 5.10. The Labute approximate surface area is 217 Å². The second-order valence-electron chi connectivity index (χ2n) is 11.9. The second-order valence-corrected chi connectivity index (χ2v) is 11.9. The molecule has 0 spiro atoms. The van der Waals surface area contributed by atoms with Crippen LogP contribution in [0.2, 0.25) is 0 Å². The van der Waals surface area contributed by atoms with Gasteiger partial charge in [-0.2, -0.15) is 5.26 Å². The van der Waals surface area contributed by atoms with Crippen LogP contribution < -0.4 is 10.1 Å². The summed E-state index contributed by atoms with van der Waals surface area (Å²) in [6, 6.07) is 13.1. The van der Waals surface area contributed by atoms with Crippen LogP contribution in [0.25, 0.3) is 0 Å². The zero-order valence-electron chi connectivity index (χ0n) is 21.6. The summed E-state index contributed by atoms with van der Waals surface area (Å²) in [7, 11) is 0. The number of aryl methyl sites for hydroxylation is 1. The number of carboxylic acid groups (broad SMARTS) is 1. The number of carboxylic acids is 1. The quantitative estimate of drug-likeness (QED) is 0.441. The summed E-state index contributed by atoms with van der Waals surface area (Å²) in [4.78, 5) is 11.6. The molecule has 0 radical (unpaired) electrons. The maximum absolute atomic E-state index is 13.9. The van der Waals surface area contributed by atoms with Gasteiger partial charge in [-0.1, -0.05) is 18.2 Å². The fraction of sp³-hybridized carbons (Fsp3) is 0.533. The lowest BCUT2D eigenvalue weighted by Crippen LogP contribution is -2.46. The first-order chi connectivity index (χ1) is 17.6. The van der Waals surface area contributed by atoms with Crippen molar-refractivity contribution in [2.45, 2.75) is 57.6 Å². The maximum Gasteiger partial charge on any atom is 0.307 e. The van der Waals surface area contributed by atoms with E-state index in [9.17, 15) is 24.7 Å². The van der Waals surface area contributed by atoms with Gasteiger partial charge in [0.1, 0.15) is 30.3 Å². The number of fused-ring (bicyclic) bond motifs is 5. The number of rotatable bonds is 10. The number of nitrogens with zero attached hydrogens (tertiary/aromatic N) is 1. The number of hydrogen-bond donors (Lipinski definition) is 3. The number of aliphatic hydroxyl groups is 1. The summed E-state index contributed by atoms with van der Waals surface area (Å²) in [5.74, 6) is 1.19. The summed E-state index contributed by atoms with van der Waals surface area (Å²) < 4.78 is 19.8. The number of hydrogen-bond acceptors (Lipinski definition) is 5. The molecule has 2 aromatic carbocycles. The molecular formula is C30H35FN2O4. The monoisotopic (exact) mass is 506 g/mol. The molecule has 2 bridgehead atoms. The molecule has 0 amide bonds. The Morgan fingerprint density at radius 2 is 2.03 bits per heavy atom. The van der Waals surface area contributed by atoms with E-state index in [2.05, 4.69) is 11.4 Å². The molecule has 7 atom stereocenters. The van der Waals surface area contributed by atoms with Gasteiger partial charge in [-0.05, 0) is 105 Å². The van der Waals surface area contributed by atoms with Gasteiger partial charge < -0.3 is 20.3 Å². The standard InChI is InChI=1S/C30H35FN2O4/c1-16-4-5-17(8-24(16)31)12-30(2,3)33-14-21(34)15-37-25-11-18(6-7-19(25)13-32)22-9-20-10-23(22)27-26(20)28(27)29(35)36/h4-8,11,20-23,26-28,33-34H,9-10,12,14-15H2,1-3H3,(H,35,36)/t20?,21-,22?,23?,26?,27?,28?/m1/s1. The fourth-order valence-corrected chi connectivity index (χ4v) is 7.02. The van der Waals surface area contributed by atoms with Crippen molar-refractivity contribution in [2.75, 3.05) is 13.2 Å². The minimum Gasteiger partial charge on any atom is -0.489 e. The summed E-state index contributed by atoms with van der Waals surface area (Å²) >= 11 is 0. The van der Waals surface area contributed by atoms with Gasteiger partial charge in [0, 0.05) is 12.1 Å². The van der Waals surface area contributed by atoms with Crippen LogP contribution in [0.3, 0.4) is 0 Å². The summed E-state index contributed by atoms with van der Waals surface area (Å²) in [5.41, 5.74) is 2.65. The Morgan fingerprint density at radius 1 is 1.24 bits per heavy atom. The Balaban J connectivity index is 1.17. The molecule has 2 aromatic rings. The van der Waals surface area contributed by atoms with E-state index in [0.29, 0.717) is 47.0 Å². The average molecular weight is 507 g/mol. The molecular weight excluding hydrogens is 471 g/mol. The molecule has 3 aliphatic rings. The number of carbonyl (C=O) groups is 1. The number of β-amino-alcohol motifs (C(OH)–C–C–N with tert-alkyl or cyclic N) is 1. The van der Waals surface area contributed by atoms with Crippen LogP contribution in [0.5, 0.6) is 5.75 Å². The summed E-state index contributed by atoms with van der Waals surface area (Å²) in [6.07, 6.45) is 1.89. The van der Waals surface area contributed by atoms with Gasteiger partial charge in [-0.3, -0.25) is 4.79 Å². The van der Waals surface area contributed by atoms with Crippen LogP contribution in [0, 0.1) is 53.7 Å². The first kappa shape index (κ1) is 25.7. The van der Waals surface area contributed by atoms with E-state index < -0.39 is 12.1 Å². The molecule has 6 unspecified atom stereocenters. The number of nitriles is 1. The molecule has 37 heavy (non-hydrogen) atoms. The minimum absolute atomic E-state index is 0.0306. The minimum atomic E-state index is -0.796. The first-order valence-corrected chi connectivity index (χ1v) is 13.2. The largest absolute Gasteiger partial charge is 0.489 e. The normalized spacial score (nSPS) is 28.4. The predicted octanol–water partition coefficient (Wildman–Crippen LogP) is 4.43. The zero-order chi connectivity index (χ0) is 26.5. The molecule has 3 aliphatic carbocycles. The van der Waals surface area contributed by atoms with Crippen molar-refractivity contribution < 1.29 is 24.1 Å². The van der Waals surface area contributed by atoms with Gasteiger partial charge in [0.05, 0.1) is 11.5 Å². The molecule has 3 saturated carbocycles. The lowest BCUT2D eigenvalue weighted by molar-refractivity contribution is -0.139. The van der Waals surface area contributed by atoms with Gasteiger partial charge in [-0.15, -0.1) is 0 Å². The highest BCUT2D eigenvalue weighted by molar-refractivity contribution is 5.75. The molecule has 5 rings (SSSR count). The molecule has 3 fully saturated rings. The predicted molar refractivity (Wildman–Crippen MR) is 137 cm³/mol. The zero-order valence-corrected chi connectivity index (χ0v) is 21.6. The number of benzene rings is 2. The number of aliphatic hydroxyl groups excluding tert-OH is 1. The highest BCUT2D eigenvalue weighted by Gasteiger charge is 2.70. The highest BCUT2D eigenvalue weighted by Crippen LogP contribution is 2.72. The second kappa shape index (κ2) is 9.74. The third-order valence-electron chi connectivity index (χ3n) is 8.79. The number of aliphatic carboxylic acids is 1. The molecule has 7 heteroatoms. The molecule has 0 saturated heterocycles. The molecule has 6 nitrogen and oxygen atoms in total. The summed E-state index contributed by atoms with van der Waals surface area (Å²) in [5, 5.41) is 33.0. The Kier molecular flexibility index (Phi) is 6.76. The lowest BCUT2D eigenvalue weighted by Gasteiger charge is -2.28. The fourth-order valence-electron chi connectivity index (χ4n) is 7.02. The molecule has 196 valence electrons. The Morgan fingerprint density at radius 3 is 2.73 bits per heavy atom. The van der Waals surface area contributed by atoms with E-state index in [4.69, 9.17) is 4.74 Å². The van der Waals surface area contributed by atoms with Crippen molar-refractivity contribution in [3.8, 4) is 11.8 Å². The van der Waals surface area contributed by atoms with E-state index in [1.54, 1.807) is 25.1 Å². The Bertz CT molecular complexity index is 1240. The van der Waals surface area contributed by atoms with Gasteiger partial charge in [0.15, 0.2) is 0 Å². The van der Waals surface area contributed by atoms with Crippen LogP contribution in [0.15, 0.2) is 36.4 Å². The van der Waals surface area contributed by atoms with Gasteiger partial charge in [-0.25, -0.2) is 4.39 Å². The van der Waals surface area contributed by atoms with E-state index in [1.807, 2.05) is 32.0 Å². The average Bonchev–Trinajstić information content (AvgIpc) is 3.35. The number of nitrogens with one attached hydrogen (secondary N) is 1. The molecule has 0 aliphatic heterocycles. The number of halogens is 1. The Hall–Kier alpha value is -2.95. The molecule has 0 aromatic heterocycles. The van der Waals surface area contributed by atoms with Crippen molar-refractivity contribution in [3.05, 3.63) is 64.5 Å².